The average Bonchev–Trinajstić information content (AvgIpc) is 3.05. The molecule has 1 aliphatic rings. The van der Waals surface area contributed by atoms with Gasteiger partial charge in [0.1, 0.15) is 6.61 Å². The minimum atomic E-state index is -0.312. The van der Waals surface area contributed by atoms with Crippen molar-refractivity contribution in [1.29, 1.82) is 0 Å². The predicted octanol–water partition coefficient (Wildman–Crippen LogP) is 3.78. The van der Waals surface area contributed by atoms with E-state index in [2.05, 4.69) is 4.98 Å². The number of carbonyl (C=O) groups excluding carboxylic acids is 1. The van der Waals surface area contributed by atoms with Crippen molar-refractivity contribution in [2.24, 2.45) is 0 Å². The number of esters is 1. The molecule has 0 bridgehead atoms. The van der Waals surface area contributed by atoms with Crippen LogP contribution in [0, 0.1) is 6.92 Å². The molecule has 7 heteroatoms. The van der Waals surface area contributed by atoms with E-state index < -0.39 is 0 Å². The normalized spacial score (nSPS) is 13.5. The standard InChI is InChI=1S/C20H20N2O3S2/c1-13-6-8-15(9-7-13)26-12-19(24)25-11-14-10-18(23)22-16-4-2-3-5-17(16)27-20(22)21-14/h6-10H,2-5,11-12H2,1H3. The first kappa shape index (κ1) is 18.3. The first-order chi connectivity index (χ1) is 13.1. The molecule has 0 radical (unpaired) electrons. The SMILES string of the molecule is Cc1ccc(SCC(=O)OCc2cc(=O)n3c4c(sc3n2)CCCC4)cc1. The summed E-state index contributed by atoms with van der Waals surface area (Å²) in [5, 5.41) is 0. The molecule has 5 nitrogen and oxygen atoms in total. The van der Waals surface area contributed by atoms with Crippen molar-refractivity contribution in [1.82, 2.24) is 9.38 Å². The summed E-state index contributed by atoms with van der Waals surface area (Å²) in [7, 11) is 0. The molecule has 1 aromatic carbocycles. The highest BCUT2D eigenvalue weighted by molar-refractivity contribution is 8.00. The zero-order valence-electron chi connectivity index (χ0n) is 15.1. The largest absolute Gasteiger partial charge is 0.459 e. The van der Waals surface area contributed by atoms with Crippen LogP contribution >= 0.6 is 23.1 Å². The van der Waals surface area contributed by atoms with Gasteiger partial charge in [0.15, 0.2) is 4.96 Å². The predicted molar refractivity (Wildman–Crippen MR) is 108 cm³/mol. The number of ether oxygens (including phenoxy) is 1. The Hall–Kier alpha value is -2.12. The lowest BCUT2D eigenvalue weighted by Crippen LogP contribution is -2.18. The molecule has 0 aliphatic heterocycles. The number of fused-ring (bicyclic) bond motifs is 3. The second kappa shape index (κ2) is 7.86. The number of thiazole rings is 1. The Morgan fingerprint density at radius 1 is 1.26 bits per heavy atom. The summed E-state index contributed by atoms with van der Waals surface area (Å²) in [5.74, 6) is -0.0783. The molecule has 0 N–H and O–H groups in total. The Bertz CT molecular complexity index is 1040. The summed E-state index contributed by atoms with van der Waals surface area (Å²) in [6, 6.07) is 9.49. The summed E-state index contributed by atoms with van der Waals surface area (Å²) in [6.07, 6.45) is 4.23. The highest BCUT2D eigenvalue weighted by atomic mass is 32.2. The Balaban J connectivity index is 1.40. The van der Waals surface area contributed by atoms with Gasteiger partial charge in [-0.2, -0.15) is 0 Å². The van der Waals surface area contributed by atoms with E-state index in [0.29, 0.717) is 10.7 Å². The summed E-state index contributed by atoms with van der Waals surface area (Å²) in [4.78, 5) is 32.0. The second-order valence-corrected chi connectivity index (χ2v) is 8.76. The maximum Gasteiger partial charge on any atom is 0.316 e. The molecule has 0 fully saturated rings. The fraction of sp³-hybridized carbons (Fsp3) is 0.350. The maximum absolute atomic E-state index is 12.5. The van der Waals surface area contributed by atoms with E-state index in [1.165, 1.54) is 28.3 Å². The van der Waals surface area contributed by atoms with E-state index in [0.717, 1.165) is 36.3 Å². The van der Waals surface area contributed by atoms with Gasteiger partial charge in [-0.15, -0.1) is 23.1 Å². The molecule has 140 valence electrons. The van der Waals surface area contributed by atoms with Gasteiger partial charge in [-0.3, -0.25) is 14.0 Å². The van der Waals surface area contributed by atoms with Crippen LogP contribution in [0.5, 0.6) is 0 Å². The number of aromatic nitrogens is 2. The number of aryl methyl sites for hydroxylation is 3. The number of hydrogen-bond acceptors (Lipinski definition) is 6. The van der Waals surface area contributed by atoms with E-state index in [1.54, 1.807) is 15.7 Å². The summed E-state index contributed by atoms with van der Waals surface area (Å²) < 4.78 is 7.03. The third-order valence-electron chi connectivity index (χ3n) is 4.57. The van der Waals surface area contributed by atoms with Crippen LogP contribution in [-0.4, -0.2) is 21.1 Å². The molecule has 2 aromatic heterocycles. The van der Waals surface area contributed by atoms with Crippen molar-refractivity contribution < 1.29 is 9.53 Å². The molecular weight excluding hydrogens is 380 g/mol. The molecule has 0 amide bonds. The molecule has 0 unspecified atom stereocenters. The molecule has 0 spiro atoms. The molecule has 0 saturated carbocycles. The Kier molecular flexibility index (Phi) is 5.31. The van der Waals surface area contributed by atoms with E-state index in [9.17, 15) is 9.59 Å². The van der Waals surface area contributed by atoms with Gasteiger partial charge in [-0.1, -0.05) is 17.7 Å². The van der Waals surface area contributed by atoms with Gasteiger partial charge in [0.2, 0.25) is 0 Å². The van der Waals surface area contributed by atoms with Crippen molar-refractivity contribution in [3.8, 4) is 0 Å². The molecule has 1 aliphatic carbocycles. The van der Waals surface area contributed by atoms with Gasteiger partial charge in [0.05, 0.1) is 11.4 Å². The van der Waals surface area contributed by atoms with Crippen LogP contribution in [-0.2, 0) is 29.0 Å². The third kappa shape index (κ3) is 4.09. The zero-order valence-corrected chi connectivity index (χ0v) is 16.7. The summed E-state index contributed by atoms with van der Waals surface area (Å²) in [6.45, 7) is 2.06. The van der Waals surface area contributed by atoms with Crippen molar-refractivity contribution >= 4 is 34.0 Å². The molecule has 3 aromatic rings. The summed E-state index contributed by atoms with van der Waals surface area (Å²) >= 11 is 3.02. The highest BCUT2D eigenvalue weighted by Crippen LogP contribution is 2.28. The van der Waals surface area contributed by atoms with Gasteiger partial charge in [0.25, 0.3) is 5.56 Å². The number of hydrogen-bond donors (Lipinski definition) is 0. The van der Waals surface area contributed by atoms with Crippen LogP contribution < -0.4 is 5.56 Å². The Morgan fingerprint density at radius 2 is 2.04 bits per heavy atom. The summed E-state index contributed by atoms with van der Waals surface area (Å²) in [5.41, 5.74) is 2.72. The first-order valence-electron chi connectivity index (χ1n) is 8.98. The number of nitrogens with zero attached hydrogens (tertiary/aromatic N) is 2. The van der Waals surface area contributed by atoms with Crippen LogP contribution in [0.15, 0.2) is 40.0 Å². The van der Waals surface area contributed by atoms with Crippen molar-refractivity contribution in [3.63, 3.8) is 0 Å². The number of thioether (sulfide) groups is 1. The van der Waals surface area contributed by atoms with E-state index in [-0.39, 0.29) is 23.9 Å². The van der Waals surface area contributed by atoms with Crippen LogP contribution in [0.4, 0.5) is 0 Å². The minimum absolute atomic E-state index is 0.0294. The smallest absolute Gasteiger partial charge is 0.316 e. The third-order valence-corrected chi connectivity index (χ3v) is 6.70. The van der Waals surface area contributed by atoms with Crippen molar-refractivity contribution in [3.05, 3.63) is 62.5 Å². The molecule has 4 rings (SSSR count). The average molecular weight is 401 g/mol. The second-order valence-electron chi connectivity index (χ2n) is 6.65. The lowest BCUT2D eigenvalue weighted by atomic mass is 10.0. The van der Waals surface area contributed by atoms with Crippen LogP contribution in [0.25, 0.3) is 4.96 Å². The Labute approximate surface area is 165 Å². The molecule has 27 heavy (non-hydrogen) atoms. The van der Waals surface area contributed by atoms with E-state index in [4.69, 9.17) is 4.74 Å². The van der Waals surface area contributed by atoms with Gasteiger partial charge >= 0.3 is 5.97 Å². The number of carbonyl (C=O) groups is 1. The van der Waals surface area contributed by atoms with Gasteiger partial charge < -0.3 is 4.74 Å². The number of rotatable bonds is 5. The van der Waals surface area contributed by atoms with Gasteiger partial charge in [-0.05, 0) is 44.7 Å². The molecule has 2 heterocycles. The lowest BCUT2D eigenvalue weighted by Gasteiger charge is -2.10. The van der Waals surface area contributed by atoms with Crippen molar-refractivity contribution in [2.75, 3.05) is 5.75 Å². The number of benzene rings is 1. The van der Waals surface area contributed by atoms with Gasteiger partial charge in [0, 0.05) is 21.5 Å². The molecule has 0 atom stereocenters. The molecule has 0 saturated heterocycles. The van der Waals surface area contributed by atoms with E-state index in [1.807, 2.05) is 31.2 Å². The topological polar surface area (TPSA) is 60.7 Å². The van der Waals surface area contributed by atoms with Crippen LogP contribution in [0.2, 0.25) is 0 Å². The monoisotopic (exact) mass is 400 g/mol. The maximum atomic E-state index is 12.5. The Morgan fingerprint density at radius 3 is 2.85 bits per heavy atom. The lowest BCUT2D eigenvalue weighted by molar-refractivity contribution is -0.141. The quantitative estimate of drug-likeness (QED) is 0.482. The van der Waals surface area contributed by atoms with Crippen molar-refractivity contribution in [2.45, 2.75) is 44.1 Å². The fourth-order valence-electron chi connectivity index (χ4n) is 3.19. The highest BCUT2D eigenvalue weighted by Gasteiger charge is 2.18. The van der Waals surface area contributed by atoms with E-state index >= 15 is 0 Å². The van der Waals surface area contributed by atoms with Crippen LogP contribution in [0.1, 0.15) is 34.7 Å². The fourth-order valence-corrected chi connectivity index (χ4v) is 5.12. The van der Waals surface area contributed by atoms with Crippen LogP contribution in [0.3, 0.4) is 0 Å². The van der Waals surface area contributed by atoms with Gasteiger partial charge in [-0.25, -0.2) is 4.98 Å². The minimum Gasteiger partial charge on any atom is -0.459 e. The molecular formula is C20H20N2O3S2. The first-order valence-corrected chi connectivity index (χ1v) is 10.8. The zero-order chi connectivity index (χ0) is 18.8.